The molecule has 0 radical (unpaired) electrons. The van der Waals surface area contributed by atoms with Crippen LogP contribution in [0.2, 0.25) is 0 Å². The average Bonchev–Trinajstić information content (AvgIpc) is 2.44. The third-order valence-corrected chi connectivity index (χ3v) is 4.48. The SMILES string of the molecule is Cc1cc(Br)cc(C(N)C2CC(C)(C)OC2(C)C)c1. The molecule has 0 aromatic heterocycles. The van der Waals surface area contributed by atoms with E-state index in [-0.39, 0.29) is 17.2 Å². The first-order valence-electron chi connectivity index (χ1n) is 6.84. The van der Waals surface area contributed by atoms with Gasteiger partial charge in [0, 0.05) is 16.4 Å². The maximum atomic E-state index is 6.53. The smallest absolute Gasteiger partial charge is 0.0680 e. The first-order valence-corrected chi connectivity index (χ1v) is 7.63. The summed E-state index contributed by atoms with van der Waals surface area (Å²) in [6.45, 7) is 10.7. The van der Waals surface area contributed by atoms with Gasteiger partial charge in [-0.2, -0.15) is 0 Å². The van der Waals surface area contributed by atoms with E-state index in [2.05, 4.69) is 68.7 Å². The molecule has 0 aliphatic carbocycles. The molecule has 2 unspecified atom stereocenters. The van der Waals surface area contributed by atoms with Crippen LogP contribution in [0.5, 0.6) is 0 Å². The molecule has 0 amide bonds. The van der Waals surface area contributed by atoms with Crippen molar-refractivity contribution in [2.45, 2.75) is 58.3 Å². The molecule has 1 fully saturated rings. The van der Waals surface area contributed by atoms with E-state index in [9.17, 15) is 0 Å². The van der Waals surface area contributed by atoms with Crippen molar-refractivity contribution < 1.29 is 4.74 Å². The van der Waals surface area contributed by atoms with Gasteiger partial charge in [0.2, 0.25) is 0 Å². The Morgan fingerprint density at radius 1 is 1.26 bits per heavy atom. The fourth-order valence-electron chi connectivity index (χ4n) is 3.35. The zero-order chi connectivity index (χ0) is 14.4. The summed E-state index contributed by atoms with van der Waals surface area (Å²) in [6, 6.07) is 6.42. The number of ether oxygens (including phenoxy) is 1. The van der Waals surface area contributed by atoms with Crippen LogP contribution in [0.1, 0.15) is 51.3 Å². The molecule has 1 aromatic rings. The molecule has 1 aromatic carbocycles. The van der Waals surface area contributed by atoms with Gasteiger partial charge in [-0.25, -0.2) is 0 Å². The van der Waals surface area contributed by atoms with E-state index in [4.69, 9.17) is 10.5 Å². The van der Waals surface area contributed by atoms with Gasteiger partial charge in [0.25, 0.3) is 0 Å². The first-order chi connectivity index (χ1) is 8.61. The molecule has 1 saturated heterocycles. The Morgan fingerprint density at radius 2 is 1.89 bits per heavy atom. The topological polar surface area (TPSA) is 35.2 Å². The lowest BCUT2D eigenvalue weighted by Crippen LogP contribution is -2.35. The predicted molar refractivity (Wildman–Crippen MR) is 83.2 cm³/mol. The highest BCUT2D eigenvalue weighted by Crippen LogP contribution is 2.47. The Labute approximate surface area is 124 Å². The highest BCUT2D eigenvalue weighted by atomic mass is 79.9. The Balaban J connectivity index is 2.31. The zero-order valence-corrected chi connectivity index (χ0v) is 14.0. The molecular formula is C16H24BrNO. The standard InChI is InChI=1S/C16H24BrNO/c1-10-6-11(8-12(17)7-10)14(18)13-9-15(2,3)19-16(13,4)5/h6-8,13-14H,9,18H2,1-5H3. The maximum absolute atomic E-state index is 6.53. The van der Waals surface area contributed by atoms with E-state index in [0.717, 1.165) is 10.9 Å². The Hall–Kier alpha value is -0.380. The molecule has 0 saturated carbocycles. The van der Waals surface area contributed by atoms with Crippen molar-refractivity contribution in [3.63, 3.8) is 0 Å². The van der Waals surface area contributed by atoms with Gasteiger partial charge in [0.1, 0.15) is 0 Å². The predicted octanol–water partition coefficient (Wildman–Crippen LogP) is 4.35. The van der Waals surface area contributed by atoms with Crippen LogP contribution >= 0.6 is 15.9 Å². The molecule has 2 nitrogen and oxygen atoms in total. The number of benzene rings is 1. The van der Waals surface area contributed by atoms with Gasteiger partial charge < -0.3 is 10.5 Å². The van der Waals surface area contributed by atoms with Crippen LogP contribution in [0.4, 0.5) is 0 Å². The van der Waals surface area contributed by atoms with E-state index in [1.54, 1.807) is 0 Å². The molecule has 2 rings (SSSR count). The van der Waals surface area contributed by atoms with Crippen molar-refractivity contribution in [1.29, 1.82) is 0 Å². The summed E-state index contributed by atoms with van der Waals surface area (Å²) in [5.74, 6) is 0.330. The van der Waals surface area contributed by atoms with E-state index in [1.165, 1.54) is 11.1 Å². The van der Waals surface area contributed by atoms with Crippen LogP contribution in [-0.2, 0) is 4.74 Å². The number of aryl methyl sites for hydroxylation is 1. The highest BCUT2D eigenvalue weighted by molar-refractivity contribution is 9.10. The summed E-state index contributed by atoms with van der Waals surface area (Å²) < 4.78 is 7.25. The van der Waals surface area contributed by atoms with E-state index < -0.39 is 0 Å². The van der Waals surface area contributed by atoms with Crippen LogP contribution in [0, 0.1) is 12.8 Å². The molecule has 1 aliphatic heterocycles. The highest BCUT2D eigenvalue weighted by Gasteiger charge is 2.48. The minimum atomic E-state index is -0.181. The molecule has 2 atom stereocenters. The van der Waals surface area contributed by atoms with Crippen molar-refractivity contribution in [1.82, 2.24) is 0 Å². The molecule has 0 bridgehead atoms. The normalized spacial score (nSPS) is 26.4. The number of hydrogen-bond donors (Lipinski definition) is 1. The zero-order valence-electron chi connectivity index (χ0n) is 12.5. The number of halogens is 1. The van der Waals surface area contributed by atoms with Gasteiger partial charge >= 0.3 is 0 Å². The van der Waals surface area contributed by atoms with Gasteiger partial charge in [-0.1, -0.05) is 22.0 Å². The maximum Gasteiger partial charge on any atom is 0.0680 e. The summed E-state index contributed by atoms with van der Waals surface area (Å²) in [6.07, 6.45) is 0.993. The van der Waals surface area contributed by atoms with Crippen molar-refractivity contribution in [3.05, 3.63) is 33.8 Å². The van der Waals surface area contributed by atoms with Gasteiger partial charge in [0.15, 0.2) is 0 Å². The monoisotopic (exact) mass is 325 g/mol. The van der Waals surface area contributed by atoms with Gasteiger partial charge in [-0.05, 0) is 64.3 Å². The van der Waals surface area contributed by atoms with Crippen LogP contribution in [-0.4, -0.2) is 11.2 Å². The lowest BCUT2D eigenvalue weighted by molar-refractivity contribution is -0.0767. The first kappa shape index (κ1) is 15.0. The number of rotatable bonds is 2. The van der Waals surface area contributed by atoms with Gasteiger partial charge in [0.05, 0.1) is 11.2 Å². The van der Waals surface area contributed by atoms with E-state index >= 15 is 0 Å². The Morgan fingerprint density at radius 3 is 2.37 bits per heavy atom. The van der Waals surface area contributed by atoms with Crippen LogP contribution < -0.4 is 5.73 Å². The lowest BCUT2D eigenvalue weighted by atomic mass is 9.79. The van der Waals surface area contributed by atoms with Gasteiger partial charge in [-0.15, -0.1) is 0 Å². The van der Waals surface area contributed by atoms with Crippen molar-refractivity contribution >= 4 is 15.9 Å². The second-order valence-electron chi connectivity index (χ2n) is 6.86. The molecule has 19 heavy (non-hydrogen) atoms. The van der Waals surface area contributed by atoms with E-state index in [0.29, 0.717) is 5.92 Å². The summed E-state index contributed by atoms with van der Waals surface area (Å²) in [5, 5.41) is 0. The summed E-state index contributed by atoms with van der Waals surface area (Å²) >= 11 is 3.55. The third kappa shape index (κ3) is 3.21. The minimum absolute atomic E-state index is 0.00738. The molecule has 2 N–H and O–H groups in total. The minimum Gasteiger partial charge on any atom is -0.369 e. The van der Waals surface area contributed by atoms with Crippen molar-refractivity contribution in [2.75, 3.05) is 0 Å². The molecule has 106 valence electrons. The summed E-state index contributed by atoms with van der Waals surface area (Å²) in [4.78, 5) is 0. The lowest BCUT2D eigenvalue weighted by Gasteiger charge is -2.31. The second-order valence-corrected chi connectivity index (χ2v) is 7.78. The largest absolute Gasteiger partial charge is 0.369 e. The van der Waals surface area contributed by atoms with Crippen LogP contribution in [0.25, 0.3) is 0 Å². The fraction of sp³-hybridized carbons (Fsp3) is 0.625. The third-order valence-electron chi connectivity index (χ3n) is 4.03. The quantitative estimate of drug-likeness (QED) is 0.877. The summed E-state index contributed by atoms with van der Waals surface area (Å²) in [5.41, 5.74) is 8.68. The number of hydrogen-bond acceptors (Lipinski definition) is 2. The molecule has 3 heteroatoms. The Bertz CT molecular complexity index is 461. The molecule has 1 heterocycles. The fourth-order valence-corrected chi connectivity index (χ4v) is 3.98. The molecule has 0 spiro atoms. The van der Waals surface area contributed by atoms with Crippen LogP contribution in [0.3, 0.4) is 0 Å². The average molecular weight is 326 g/mol. The number of nitrogens with two attached hydrogens (primary N) is 1. The molecule has 1 aliphatic rings. The van der Waals surface area contributed by atoms with Gasteiger partial charge in [-0.3, -0.25) is 0 Å². The second kappa shape index (κ2) is 4.87. The Kier molecular flexibility index (Phi) is 3.85. The summed E-state index contributed by atoms with van der Waals surface area (Å²) in [7, 11) is 0. The van der Waals surface area contributed by atoms with Crippen molar-refractivity contribution in [2.24, 2.45) is 11.7 Å². The van der Waals surface area contributed by atoms with Crippen LogP contribution in [0.15, 0.2) is 22.7 Å². The van der Waals surface area contributed by atoms with Crippen molar-refractivity contribution in [3.8, 4) is 0 Å². The molecular weight excluding hydrogens is 302 g/mol. The van der Waals surface area contributed by atoms with E-state index in [1.807, 2.05) is 0 Å².